The van der Waals surface area contributed by atoms with Gasteiger partial charge in [-0.15, -0.1) is 23.7 Å². The van der Waals surface area contributed by atoms with Gasteiger partial charge in [0.05, 0.1) is 23.4 Å². The van der Waals surface area contributed by atoms with Crippen molar-refractivity contribution in [2.24, 2.45) is 5.73 Å². The van der Waals surface area contributed by atoms with E-state index in [1.807, 2.05) is 30.7 Å². The van der Waals surface area contributed by atoms with Gasteiger partial charge in [0.25, 0.3) is 0 Å². The van der Waals surface area contributed by atoms with E-state index in [0.29, 0.717) is 24.6 Å². The van der Waals surface area contributed by atoms with Crippen LogP contribution in [0.2, 0.25) is 0 Å². The summed E-state index contributed by atoms with van der Waals surface area (Å²) in [5, 5.41) is 7.06. The predicted octanol–water partition coefficient (Wildman–Crippen LogP) is 5.25. The fraction of sp³-hybridized carbons (Fsp3) is 0.417. The minimum absolute atomic E-state index is 0. The number of aromatic nitrogens is 5. The number of pyridine rings is 1. The van der Waals surface area contributed by atoms with Crippen molar-refractivity contribution in [3.8, 4) is 10.6 Å². The molecule has 0 bridgehead atoms. The number of fused-ring (bicyclic) bond motifs is 1. The van der Waals surface area contributed by atoms with Crippen molar-refractivity contribution >= 4 is 46.7 Å². The van der Waals surface area contributed by atoms with E-state index in [1.54, 1.807) is 11.3 Å². The summed E-state index contributed by atoms with van der Waals surface area (Å²) >= 11 is 1.73. The third-order valence-electron chi connectivity index (χ3n) is 6.09. The molecule has 1 fully saturated rings. The maximum Gasteiger partial charge on any atom is 0.227 e. The van der Waals surface area contributed by atoms with Crippen LogP contribution in [-0.2, 0) is 6.54 Å². The van der Waals surface area contributed by atoms with Crippen LogP contribution in [-0.4, -0.2) is 36.6 Å². The SMILES string of the molecule is CC(C)n1cnc2c(NCc3ccc(-c4ccccn4)s3)nc(NC3CCC(N)CC3)nc21.Cl. The standard InChI is InChI=1S/C24H30N8S.ClH/c1-15(2)32-14-28-21-22(27-13-18-10-11-20(33-18)19-5-3-4-12-26-19)30-24(31-23(21)32)29-17-8-6-16(25)7-9-17;/h3-5,10-12,14-17H,6-9,13,25H2,1-2H3,(H2,27,29,30,31);1H. The molecule has 34 heavy (non-hydrogen) atoms. The van der Waals surface area contributed by atoms with Crippen molar-refractivity contribution in [3.05, 3.63) is 47.7 Å². The monoisotopic (exact) mass is 498 g/mol. The van der Waals surface area contributed by atoms with E-state index >= 15 is 0 Å². The Bertz CT molecular complexity index is 1210. The van der Waals surface area contributed by atoms with E-state index < -0.39 is 0 Å². The molecule has 1 saturated carbocycles. The molecule has 0 atom stereocenters. The van der Waals surface area contributed by atoms with Crippen LogP contribution in [0.1, 0.15) is 50.4 Å². The number of hydrogen-bond donors (Lipinski definition) is 3. The normalized spacial score (nSPS) is 18.1. The van der Waals surface area contributed by atoms with Crippen LogP contribution in [0.4, 0.5) is 11.8 Å². The highest BCUT2D eigenvalue weighted by Gasteiger charge is 2.21. The van der Waals surface area contributed by atoms with E-state index in [1.165, 1.54) is 4.88 Å². The smallest absolute Gasteiger partial charge is 0.227 e. The molecule has 0 radical (unpaired) electrons. The fourth-order valence-corrected chi connectivity index (χ4v) is 5.14. The molecule has 1 aliphatic carbocycles. The second-order valence-corrected chi connectivity index (χ2v) is 10.1. The summed E-state index contributed by atoms with van der Waals surface area (Å²) in [6.07, 6.45) is 7.82. The van der Waals surface area contributed by atoms with Gasteiger partial charge in [-0.3, -0.25) is 4.98 Å². The van der Waals surface area contributed by atoms with Crippen LogP contribution in [0, 0.1) is 0 Å². The second kappa shape index (κ2) is 10.7. The Morgan fingerprint density at radius 2 is 1.91 bits per heavy atom. The van der Waals surface area contributed by atoms with Crippen LogP contribution in [0.25, 0.3) is 21.7 Å². The van der Waals surface area contributed by atoms with Gasteiger partial charge in [0.2, 0.25) is 5.95 Å². The molecular formula is C24H31ClN8S. The average Bonchev–Trinajstić information content (AvgIpc) is 3.47. The zero-order valence-corrected chi connectivity index (χ0v) is 21.1. The maximum absolute atomic E-state index is 6.08. The molecule has 4 N–H and O–H groups in total. The van der Waals surface area contributed by atoms with Crippen LogP contribution in [0.5, 0.6) is 0 Å². The zero-order valence-electron chi connectivity index (χ0n) is 19.4. The molecule has 0 spiro atoms. The second-order valence-electron chi connectivity index (χ2n) is 8.90. The Labute approximate surface area is 209 Å². The third-order valence-corrected chi connectivity index (χ3v) is 7.20. The van der Waals surface area contributed by atoms with Gasteiger partial charge in [0.1, 0.15) is 0 Å². The number of hydrogen-bond acceptors (Lipinski definition) is 8. The number of rotatable bonds is 7. The molecule has 1 aliphatic rings. The van der Waals surface area contributed by atoms with Gasteiger partial charge < -0.3 is 20.9 Å². The van der Waals surface area contributed by atoms with Crippen LogP contribution >= 0.6 is 23.7 Å². The van der Waals surface area contributed by atoms with E-state index in [2.05, 4.69) is 51.1 Å². The molecule has 0 saturated heterocycles. The third kappa shape index (κ3) is 5.32. The highest BCUT2D eigenvalue weighted by Crippen LogP contribution is 2.29. The van der Waals surface area contributed by atoms with Gasteiger partial charge in [-0.05, 0) is 63.8 Å². The quantitative estimate of drug-likeness (QED) is 0.319. The first kappa shape index (κ1) is 24.4. The number of halogens is 1. The van der Waals surface area contributed by atoms with Crippen molar-refractivity contribution in [3.63, 3.8) is 0 Å². The lowest BCUT2D eigenvalue weighted by molar-refractivity contribution is 0.410. The molecule has 8 nitrogen and oxygen atoms in total. The summed E-state index contributed by atoms with van der Waals surface area (Å²) in [4.78, 5) is 21.1. The molecule has 0 amide bonds. The number of nitrogens with one attached hydrogen (secondary N) is 2. The topological polar surface area (TPSA) is 107 Å². The first-order valence-corrected chi connectivity index (χ1v) is 12.4. The number of nitrogens with zero attached hydrogens (tertiary/aromatic N) is 5. The van der Waals surface area contributed by atoms with Gasteiger partial charge in [0.15, 0.2) is 17.0 Å². The molecular weight excluding hydrogens is 468 g/mol. The Morgan fingerprint density at radius 1 is 1.09 bits per heavy atom. The van der Waals surface area contributed by atoms with Crippen molar-refractivity contribution in [1.29, 1.82) is 0 Å². The lowest BCUT2D eigenvalue weighted by Gasteiger charge is -2.27. The van der Waals surface area contributed by atoms with E-state index in [0.717, 1.165) is 53.2 Å². The molecule has 4 aromatic rings. The van der Waals surface area contributed by atoms with Gasteiger partial charge in [-0.25, -0.2) is 4.98 Å². The molecule has 0 aliphatic heterocycles. The van der Waals surface area contributed by atoms with E-state index in [4.69, 9.17) is 15.7 Å². The zero-order chi connectivity index (χ0) is 22.8. The number of anilines is 2. The number of imidazole rings is 1. The highest BCUT2D eigenvalue weighted by molar-refractivity contribution is 7.15. The molecule has 10 heteroatoms. The van der Waals surface area contributed by atoms with Crippen molar-refractivity contribution in [1.82, 2.24) is 24.5 Å². The summed E-state index contributed by atoms with van der Waals surface area (Å²) in [6.45, 7) is 4.93. The van der Waals surface area contributed by atoms with Crippen molar-refractivity contribution in [2.75, 3.05) is 10.6 Å². The number of nitrogens with two attached hydrogens (primary N) is 1. The van der Waals surface area contributed by atoms with Crippen LogP contribution in [0.3, 0.4) is 0 Å². The van der Waals surface area contributed by atoms with Crippen molar-refractivity contribution in [2.45, 2.75) is 64.2 Å². The first-order chi connectivity index (χ1) is 16.1. The lowest BCUT2D eigenvalue weighted by Crippen LogP contribution is -2.33. The predicted molar refractivity (Wildman–Crippen MR) is 142 cm³/mol. The van der Waals surface area contributed by atoms with Crippen LogP contribution in [0.15, 0.2) is 42.9 Å². The summed E-state index contributed by atoms with van der Waals surface area (Å²) < 4.78 is 2.09. The molecule has 4 heterocycles. The summed E-state index contributed by atoms with van der Waals surface area (Å²) in [7, 11) is 0. The molecule has 180 valence electrons. The number of thiophene rings is 1. The molecule has 4 aromatic heterocycles. The Hall–Kier alpha value is -2.75. The maximum atomic E-state index is 6.08. The minimum Gasteiger partial charge on any atom is -0.363 e. The van der Waals surface area contributed by atoms with E-state index in [9.17, 15) is 0 Å². The Morgan fingerprint density at radius 3 is 2.65 bits per heavy atom. The molecule has 5 rings (SSSR count). The lowest BCUT2D eigenvalue weighted by atomic mass is 9.92. The summed E-state index contributed by atoms with van der Waals surface area (Å²) in [5.74, 6) is 1.40. The highest BCUT2D eigenvalue weighted by atomic mass is 35.5. The summed E-state index contributed by atoms with van der Waals surface area (Å²) in [5.41, 5.74) is 8.71. The Kier molecular flexibility index (Phi) is 7.65. The largest absolute Gasteiger partial charge is 0.363 e. The van der Waals surface area contributed by atoms with Gasteiger partial charge in [-0.1, -0.05) is 6.07 Å². The molecule has 0 aromatic carbocycles. The molecule has 0 unspecified atom stereocenters. The van der Waals surface area contributed by atoms with Gasteiger partial charge >= 0.3 is 0 Å². The van der Waals surface area contributed by atoms with E-state index in [-0.39, 0.29) is 18.4 Å². The van der Waals surface area contributed by atoms with Crippen molar-refractivity contribution < 1.29 is 0 Å². The average molecular weight is 499 g/mol. The fourth-order valence-electron chi connectivity index (χ4n) is 4.22. The minimum atomic E-state index is 0. The summed E-state index contributed by atoms with van der Waals surface area (Å²) in [6, 6.07) is 11.2. The van der Waals surface area contributed by atoms with Gasteiger partial charge in [-0.2, -0.15) is 9.97 Å². The van der Waals surface area contributed by atoms with Gasteiger partial charge in [0, 0.05) is 29.2 Å². The van der Waals surface area contributed by atoms with Crippen LogP contribution < -0.4 is 16.4 Å². The Balaban J connectivity index is 0.00000274. The first-order valence-electron chi connectivity index (χ1n) is 11.6.